The van der Waals surface area contributed by atoms with Gasteiger partial charge in [0.1, 0.15) is 6.54 Å². The van der Waals surface area contributed by atoms with Crippen LogP contribution in [0, 0.1) is 5.92 Å². The SMILES string of the molecule is CC(C)C(NC(=O)Cn1nnc(-c2ccco2)n1)c1cccs1. The number of thiophene rings is 1. The fraction of sp³-hybridized carbons (Fsp3) is 0.333. The molecule has 0 aliphatic carbocycles. The van der Waals surface area contributed by atoms with Crippen LogP contribution in [0.1, 0.15) is 24.8 Å². The molecule has 0 radical (unpaired) electrons. The summed E-state index contributed by atoms with van der Waals surface area (Å²) >= 11 is 1.63. The summed E-state index contributed by atoms with van der Waals surface area (Å²) in [5.74, 6) is 1.03. The van der Waals surface area contributed by atoms with Gasteiger partial charge < -0.3 is 9.73 Å². The maximum Gasteiger partial charge on any atom is 0.244 e. The topological polar surface area (TPSA) is 85.8 Å². The Labute approximate surface area is 137 Å². The Morgan fingerprint density at radius 1 is 1.39 bits per heavy atom. The fourth-order valence-electron chi connectivity index (χ4n) is 2.20. The van der Waals surface area contributed by atoms with E-state index in [0.717, 1.165) is 4.88 Å². The van der Waals surface area contributed by atoms with Crippen molar-refractivity contribution in [1.29, 1.82) is 0 Å². The summed E-state index contributed by atoms with van der Waals surface area (Å²) in [4.78, 5) is 14.7. The van der Waals surface area contributed by atoms with Crippen molar-refractivity contribution in [1.82, 2.24) is 25.5 Å². The first kappa shape index (κ1) is 15.4. The third-order valence-electron chi connectivity index (χ3n) is 3.31. The second-order valence-corrected chi connectivity index (χ2v) is 6.40. The standard InChI is InChI=1S/C15H17N5O2S/c1-10(2)14(12-6-4-8-23-12)16-13(21)9-20-18-15(17-19-20)11-5-3-7-22-11/h3-8,10,14H,9H2,1-2H3,(H,16,21). The lowest BCUT2D eigenvalue weighted by Crippen LogP contribution is -2.34. The van der Waals surface area contributed by atoms with Gasteiger partial charge in [0, 0.05) is 4.88 Å². The molecule has 1 amide bonds. The van der Waals surface area contributed by atoms with Gasteiger partial charge in [-0.15, -0.1) is 21.5 Å². The predicted octanol–water partition coefficient (Wildman–Crippen LogP) is 2.51. The molecule has 23 heavy (non-hydrogen) atoms. The Morgan fingerprint density at radius 2 is 2.26 bits per heavy atom. The minimum absolute atomic E-state index is 0.0162. The zero-order chi connectivity index (χ0) is 16.2. The summed E-state index contributed by atoms with van der Waals surface area (Å²) in [6.45, 7) is 4.17. The van der Waals surface area contributed by atoms with Gasteiger partial charge in [0.15, 0.2) is 5.76 Å². The van der Waals surface area contributed by atoms with Gasteiger partial charge in [-0.2, -0.15) is 4.80 Å². The lowest BCUT2D eigenvalue weighted by Gasteiger charge is -2.21. The summed E-state index contributed by atoms with van der Waals surface area (Å²) in [7, 11) is 0. The molecular formula is C15H17N5O2S. The van der Waals surface area contributed by atoms with Crippen LogP contribution in [0.2, 0.25) is 0 Å². The van der Waals surface area contributed by atoms with E-state index in [0.29, 0.717) is 17.5 Å². The minimum atomic E-state index is -0.152. The lowest BCUT2D eigenvalue weighted by atomic mass is 10.0. The van der Waals surface area contributed by atoms with Crippen LogP contribution in [0.5, 0.6) is 0 Å². The molecule has 0 aromatic carbocycles. The van der Waals surface area contributed by atoms with Crippen LogP contribution in [0.4, 0.5) is 0 Å². The molecule has 3 aromatic rings. The van der Waals surface area contributed by atoms with Gasteiger partial charge in [-0.1, -0.05) is 19.9 Å². The third kappa shape index (κ3) is 3.65. The zero-order valence-corrected chi connectivity index (χ0v) is 13.7. The third-order valence-corrected chi connectivity index (χ3v) is 4.27. The molecule has 1 N–H and O–H groups in total. The highest BCUT2D eigenvalue weighted by Crippen LogP contribution is 2.25. The molecule has 8 heteroatoms. The summed E-state index contributed by atoms with van der Waals surface area (Å²) in [5.41, 5.74) is 0. The highest BCUT2D eigenvalue weighted by Gasteiger charge is 2.20. The number of amides is 1. The minimum Gasteiger partial charge on any atom is -0.461 e. The largest absolute Gasteiger partial charge is 0.461 e. The maximum absolute atomic E-state index is 12.3. The Bertz CT molecular complexity index is 749. The van der Waals surface area contributed by atoms with Crippen molar-refractivity contribution in [2.24, 2.45) is 5.92 Å². The summed E-state index contributed by atoms with van der Waals surface area (Å²) in [5, 5.41) is 17.0. The number of hydrogen-bond acceptors (Lipinski definition) is 6. The van der Waals surface area contributed by atoms with Gasteiger partial charge in [0.05, 0.1) is 12.3 Å². The van der Waals surface area contributed by atoms with E-state index < -0.39 is 0 Å². The van der Waals surface area contributed by atoms with Crippen LogP contribution < -0.4 is 5.32 Å². The van der Waals surface area contributed by atoms with Gasteiger partial charge in [-0.3, -0.25) is 4.79 Å². The molecule has 0 aliphatic heterocycles. The number of nitrogens with zero attached hydrogens (tertiary/aromatic N) is 4. The van der Waals surface area contributed by atoms with E-state index in [9.17, 15) is 4.79 Å². The van der Waals surface area contributed by atoms with E-state index in [2.05, 4.69) is 34.6 Å². The summed E-state index contributed by atoms with van der Waals surface area (Å²) in [6, 6.07) is 7.48. The monoisotopic (exact) mass is 331 g/mol. The number of carbonyl (C=O) groups excluding carboxylic acids is 1. The van der Waals surface area contributed by atoms with Crippen molar-refractivity contribution in [3.05, 3.63) is 40.8 Å². The molecule has 0 fully saturated rings. The number of carbonyl (C=O) groups is 1. The molecule has 0 saturated heterocycles. The number of rotatable bonds is 6. The van der Waals surface area contributed by atoms with E-state index in [-0.39, 0.29) is 18.5 Å². The second-order valence-electron chi connectivity index (χ2n) is 5.43. The molecule has 3 rings (SSSR count). The van der Waals surface area contributed by atoms with E-state index in [1.807, 2.05) is 17.5 Å². The van der Waals surface area contributed by atoms with Crippen molar-refractivity contribution in [2.45, 2.75) is 26.4 Å². The molecule has 3 heterocycles. The van der Waals surface area contributed by atoms with Gasteiger partial charge in [-0.25, -0.2) is 0 Å². The molecule has 3 aromatic heterocycles. The van der Waals surface area contributed by atoms with Crippen molar-refractivity contribution < 1.29 is 9.21 Å². The predicted molar refractivity (Wildman–Crippen MR) is 85.6 cm³/mol. The summed E-state index contributed by atoms with van der Waals surface area (Å²) < 4.78 is 5.21. The normalized spacial score (nSPS) is 12.5. The quantitative estimate of drug-likeness (QED) is 0.750. The van der Waals surface area contributed by atoms with Crippen LogP contribution in [0.3, 0.4) is 0 Å². The Morgan fingerprint density at radius 3 is 2.91 bits per heavy atom. The Hall–Kier alpha value is -2.48. The van der Waals surface area contributed by atoms with Crippen molar-refractivity contribution >= 4 is 17.2 Å². The Kier molecular flexibility index (Phi) is 4.52. The molecular weight excluding hydrogens is 314 g/mol. The van der Waals surface area contributed by atoms with Gasteiger partial charge in [-0.05, 0) is 34.7 Å². The first-order valence-electron chi connectivity index (χ1n) is 7.28. The molecule has 0 bridgehead atoms. The fourth-order valence-corrected chi connectivity index (χ4v) is 3.15. The van der Waals surface area contributed by atoms with Crippen molar-refractivity contribution in [2.75, 3.05) is 0 Å². The van der Waals surface area contributed by atoms with Crippen LogP contribution in [-0.4, -0.2) is 26.1 Å². The number of furan rings is 1. The van der Waals surface area contributed by atoms with E-state index in [4.69, 9.17) is 4.42 Å². The van der Waals surface area contributed by atoms with Gasteiger partial charge in [0.2, 0.25) is 11.7 Å². The number of hydrogen-bond donors (Lipinski definition) is 1. The molecule has 0 spiro atoms. The van der Waals surface area contributed by atoms with Crippen molar-refractivity contribution in [3.63, 3.8) is 0 Å². The smallest absolute Gasteiger partial charge is 0.244 e. The molecule has 1 unspecified atom stereocenters. The highest BCUT2D eigenvalue weighted by molar-refractivity contribution is 7.10. The number of tetrazole rings is 1. The maximum atomic E-state index is 12.3. The average Bonchev–Trinajstić information content (AvgIpc) is 3.25. The molecule has 1 atom stereocenters. The van der Waals surface area contributed by atoms with Crippen LogP contribution >= 0.6 is 11.3 Å². The molecule has 0 saturated carbocycles. The summed E-state index contributed by atoms with van der Waals surface area (Å²) in [6.07, 6.45) is 1.54. The molecule has 0 aliphatic rings. The first-order chi connectivity index (χ1) is 11.1. The highest BCUT2D eigenvalue weighted by atomic mass is 32.1. The second kappa shape index (κ2) is 6.74. The average molecular weight is 331 g/mol. The molecule has 7 nitrogen and oxygen atoms in total. The van der Waals surface area contributed by atoms with E-state index in [1.165, 1.54) is 11.1 Å². The Balaban J connectivity index is 1.65. The van der Waals surface area contributed by atoms with Crippen LogP contribution in [-0.2, 0) is 11.3 Å². The van der Waals surface area contributed by atoms with Crippen molar-refractivity contribution in [3.8, 4) is 11.6 Å². The van der Waals surface area contributed by atoms with E-state index >= 15 is 0 Å². The number of aromatic nitrogens is 4. The zero-order valence-electron chi connectivity index (χ0n) is 12.8. The van der Waals surface area contributed by atoms with Crippen LogP contribution in [0.15, 0.2) is 40.3 Å². The van der Waals surface area contributed by atoms with Crippen LogP contribution in [0.25, 0.3) is 11.6 Å². The van der Waals surface area contributed by atoms with Gasteiger partial charge >= 0.3 is 0 Å². The number of nitrogens with one attached hydrogen (secondary N) is 1. The molecule has 120 valence electrons. The van der Waals surface area contributed by atoms with E-state index in [1.54, 1.807) is 23.5 Å². The van der Waals surface area contributed by atoms with Gasteiger partial charge in [0.25, 0.3) is 0 Å². The lowest BCUT2D eigenvalue weighted by molar-refractivity contribution is -0.123. The first-order valence-corrected chi connectivity index (χ1v) is 8.16.